The highest BCUT2D eigenvalue weighted by molar-refractivity contribution is 5.83. The van der Waals surface area contributed by atoms with Gasteiger partial charge >= 0.3 is 7.40 Å². The fourth-order valence-electron chi connectivity index (χ4n) is 3.94. The molecule has 5 heteroatoms. The molecule has 152 valence electrons. The minimum absolute atomic E-state index is 0. The van der Waals surface area contributed by atoms with E-state index in [1.165, 1.54) is 0 Å². The van der Waals surface area contributed by atoms with Gasteiger partial charge in [0.2, 0.25) is 0 Å². The number of benzene rings is 2. The quantitative estimate of drug-likeness (QED) is 0.695. The Balaban J connectivity index is 0.00000210. The van der Waals surface area contributed by atoms with E-state index >= 15 is 0 Å². The first-order chi connectivity index (χ1) is 13.2. The number of hydrogen-bond acceptors (Lipinski definition) is 4. The molecule has 1 N–H and O–H groups in total. The zero-order valence-corrected chi connectivity index (χ0v) is 17.1. The molecule has 28 heavy (non-hydrogen) atoms. The highest BCUT2D eigenvalue weighted by atomic mass is 35.5. The van der Waals surface area contributed by atoms with Crippen molar-refractivity contribution in [3.63, 3.8) is 0 Å². The fraction of sp³-hybridized carbons (Fsp3) is 0.435. The Kier molecular flexibility index (Phi) is 8.49. The molecule has 0 spiro atoms. The zero-order valence-electron chi connectivity index (χ0n) is 17.4. The van der Waals surface area contributed by atoms with Gasteiger partial charge < -0.3 is 27.2 Å². The Hall–Kier alpha value is -1.88. The number of carbonyl (C=O) groups excluding carboxylic acids is 1. The zero-order chi connectivity index (χ0) is 19.1. The summed E-state index contributed by atoms with van der Waals surface area (Å²) in [5.41, 5.74) is 1.46. The second kappa shape index (κ2) is 10.6. The minimum atomic E-state index is -0.550. The van der Waals surface area contributed by atoms with Crippen LogP contribution in [0, 0.1) is 0 Å². The van der Waals surface area contributed by atoms with Crippen LogP contribution in [-0.2, 0) is 14.9 Å². The molecule has 0 aromatic heterocycles. The standard InChI is InChI=1S/C23H29NO3.ClH/c1-2-27-22(26)23(20-11-7-4-8-12-20)14-17-24(18-15-23)16-13-21(25)19-9-5-3-6-10-19;/h3-12,21,25H,2,13-18H2,1H3;1H. The SMILES string of the molecule is CCOC(=O)C1(c2ccccc2)CCN(CCC(O)c2ccccc2)CC1.[Cl-].[H+]. The molecule has 1 unspecified atom stereocenters. The van der Waals surface area contributed by atoms with E-state index < -0.39 is 11.5 Å². The summed E-state index contributed by atoms with van der Waals surface area (Å²) in [6, 6.07) is 19.8. The van der Waals surface area contributed by atoms with Gasteiger partial charge in [0.15, 0.2) is 0 Å². The maximum atomic E-state index is 12.8. The van der Waals surface area contributed by atoms with E-state index in [1.807, 2.05) is 67.6 Å². The Morgan fingerprint density at radius 1 is 1.11 bits per heavy atom. The van der Waals surface area contributed by atoms with Crippen molar-refractivity contribution >= 4 is 5.97 Å². The summed E-state index contributed by atoms with van der Waals surface area (Å²) in [5, 5.41) is 10.4. The van der Waals surface area contributed by atoms with E-state index in [1.54, 1.807) is 0 Å². The first kappa shape index (κ1) is 22.4. The van der Waals surface area contributed by atoms with Gasteiger partial charge in [0, 0.05) is 6.54 Å². The van der Waals surface area contributed by atoms with Crippen molar-refractivity contribution < 1.29 is 28.5 Å². The number of carbonyl (C=O) groups is 1. The second-order valence-corrected chi connectivity index (χ2v) is 7.23. The molecule has 0 amide bonds. The molecule has 1 saturated heterocycles. The van der Waals surface area contributed by atoms with E-state index in [4.69, 9.17) is 4.74 Å². The minimum Gasteiger partial charge on any atom is -1.00 e. The number of hydrogen-bond donors (Lipinski definition) is 1. The Morgan fingerprint density at radius 2 is 1.68 bits per heavy atom. The van der Waals surface area contributed by atoms with Crippen LogP contribution < -0.4 is 12.4 Å². The lowest BCUT2D eigenvalue weighted by Crippen LogP contribution is -3.00. The number of aliphatic hydroxyl groups is 1. The van der Waals surface area contributed by atoms with Crippen LogP contribution >= 0.6 is 0 Å². The van der Waals surface area contributed by atoms with Gasteiger partial charge in [0.25, 0.3) is 0 Å². The summed E-state index contributed by atoms with van der Waals surface area (Å²) in [4.78, 5) is 15.1. The summed E-state index contributed by atoms with van der Waals surface area (Å²) < 4.78 is 5.43. The highest BCUT2D eigenvalue weighted by Gasteiger charge is 2.44. The van der Waals surface area contributed by atoms with Crippen molar-refractivity contribution in [2.45, 2.75) is 37.7 Å². The molecule has 4 nitrogen and oxygen atoms in total. The molecule has 0 radical (unpaired) electrons. The van der Waals surface area contributed by atoms with Gasteiger partial charge in [-0.2, -0.15) is 0 Å². The van der Waals surface area contributed by atoms with Gasteiger partial charge in [-0.25, -0.2) is 0 Å². The third-order valence-electron chi connectivity index (χ3n) is 5.61. The highest BCUT2D eigenvalue weighted by Crippen LogP contribution is 2.37. The summed E-state index contributed by atoms with van der Waals surface area (Å²) in [6.45, 7) is 4.74. The van der Waals surface area contributed by atoms with Gasteiger partial charge in [0.05, 0.1) is 18.1 Å². The number of halogens is 1. The fourth-order valence-corrected chi connectivity index (χ4v) is 3.94. The molecular weight excluding hydrogens is 374 g/mol. The smallest absolute Gasteiger partial charge is 1.00 e. The number of rotatable bonds is 7. The van der Waals surface area contributed by atoms with Crippen LogP contribution in [0.4, 0.5) is 0 Å². The summed E-state index contributed by atoms with van der Waals surface area (Å²) in [7, 11) is 0. The predicted molar refractivity (Wildman–Crippen MR) is 108 cm³/mol. The first-order valence-electron chi connectivity index (χ1n) is 9.84. The van der Waals surface area contributed by atoms with Crippen LogP contribution in [0.25, 0.3) is 0 Å². The van der Waals surface area contributed by atoms with Crippen LogP contribution in [0.3, 0.4) is 0 Å². The van der Waals surface area contributed by atoms with Crippen molar-refractivity contribution in [1.82, 2.24) is 4.90 Å². The van der Waals surface area contributed by atoms with Crippen molar-refractivity contribution in [2.24, 2.45) is 0 Å². The Morgan fingerprint density at radius 3 is 2.25 bits per heavy atom. The molecule has 0 saturated carbocycles. The third-order valence-corrected chi connectivity index (χ3v) is 5.61. The van der Waals surface area contributed by atoms with Gasteiger partial charge in [0.1, 0.15) is 0 Å². The van der Waals surface area contributed by atoms with Crippen molar-refractivity contribution in [3.05, 3.63) is 71.8 Å². The molecule has 2 aromatic carbocycles. The van der Waals surface area contributed by atoms with Crippen LogP contribution in [0.15, 0.2) is 60.7 Å². The van der Waals surface area contributed by atoms with Crippen LogP contribution in [0.5, 0.6) is 0 Å². The lowest BCUT2D eigenvalue weighted by atomic mass is 9.72. The van der Waals surface area contributed by atoms with Crippen molar-refractivity contribution in [2.75, 3.05) is 26.2 Å². The van der Waals surface area contributed by atoms with E-state index in [0.29, 0.717) is 13.0 Å². The second-order valence-electron chi connectivity index (χ2n) is 7.23. The summed E-state index contributed by atoms with van der Waals surface area (Å²) in [6.07, 6.45) is 1.74. The maximum absolute atomic E-state index is 12.8. The van der Waals surface area contributed by atoms with Crippen LogP contribution in [-0.4, -0.2) is 42.2 Å². The lowest BCUT2D eigenvalue weighted by molar-refractivity contribution is -0.152. The van der Waals surface area contributed by atoms with Crippen molar-refractivity contribution in [1.29, 1.82) is 0 Å². The Bertz CT molecular complexity index is 721. The van der Waals surface area contributed by atoms with Gasteiger partial charge in [-0.1, -0.05) is 60.7 Å². The van der Waals surface area contributed by atoms with Gasteiger partial charge in [-0.15, -0.1) is 0 Å². The average molecular weight is 404 g/mol. The molecule has 1 atom stereocenters. The maximum Gasteiger partial charge on any atom is 1.00 e. The molecule has 2 aromatic rings. The molecule has 1 aliphatic heterocycles. The first-order valence-corrected chi connectivity index (χ1v) is 9.84. The molecule has 0 bridgehead atoms. The number of likely N-dealkylation sites (tertiary alicyclic amines) is 1. The molecule has 0 aliphatic carbocycles. The lowest BCUT2D eigenvalue weighted by Gasteiger charge is -2.40. The van der Waals surface area contributed by atoms with Crippen LogP contribution in [0.2, 0.25) is 0 Å². The molecular formula is C23H30ClNO3. The molecule has 3 rings (SSSR count). The molecule has 1 aliphatic rings. The van der Waals surface area contributed by atoms with Crippen molar-refractivity contribution in [3.8, 4) is 0 Å². The topological polar surface area (TPSA) is 49.8 Å². The van der Waals surface area contributed by atoms with Gasteiger partial charge in [-0.05, 0) is 50.4 Å². The Labute approximate surface area is 175 Å². The largest absolute Gasteiger partial charge is 1.00 e. The number of piperidine rings is 1. The van der Waals surface area contributed by atoms with E-state index in [2.05, 4.69) is 4.90 Å². The van der Waals surface area contributed by atoms with E-state index in [0.717, 1.165) is 43.6 Å². The van der Waals surface area contributed by atoms with E-state index in [9.17, 15) is 9.90 Å². The summed E-state index contributed by atoms with van der Waals surface area (Å²) >= 11 is 0. The number of esters is 1. The summed E-state index contributed by atoms with van der Waals surface area (Å²) in [5.74, 6) is -0.111. The number of nitrogens with zero attached hydrogens (tertiary/aromatic N) is 1. The van der Waals surface area contributed by atoms with Crippen LogP contribution in [0.1, 0.15) is 44.8 Å². The normalized spacial score (nSPS) is 17.4. The third kappa shape index (κ3) is 5.13. The average Bonchev–Trinajstić information content (AvgIpc) is 2.74. The van der Waals surface area contributed by atoms with Gasteiger partial charge in [-0.3, -0.25) is 4.79 Å². The number of aliphatic hydroxyl groups excluding tert-OH is 1. The molecule has 1 fully saturated rings. The predicted octanol–water partition coefficient (Wildman–Crippen LogP) is 0.824. The van der Waals surface area contributed by atoms with E-state index in [-0.39, 0.29) is 19.8 Å². The number of ether oxygens (including phenoxy) is 1. The molecule has 1 heterocycles. The monoisotopic (exact) mass is 403 g/mol.